The van der Waals surface area contributed by atoms with Gasteiger partial charge in [-0.1, -0.05) is 29.3 Å². The fourth-order valence-corrected chi connectivity index (χ4v) is 2.74. The van der Waals surface area contributed by atoms with Crippen LogP contribution in [0.4, 0.5) is 8.78 Å². The predicted octanol–water partition coefficient (Wildman–Crippen LogP) is 3.85. The third-order valence-electron chi connectivity index (χ3n) is 3.52. The van der Waals surface area contributed by atoms with Crippen molar-refractivity contribution in [2.24, 2.45) is 5.92 Å². The van der Waals surface area contributed by atoms with Crippen LogP contribution in [0.15, 0.2) is 18.2 Å². The summed E-state index contributed by atoms with van der Waals surface area (Å²) in [5.74, 6) is -3.14. The number of alkyl halides is 2. The van der Waals surface area contributed by atoms with E-state index in [4.69, 9.17) is 0 Å². The Hall–Kier alpha value is -1.25. The lowest BCUT2D eigenvalue weighted by molar-refractivity contribution is -0.123. The van der Waals surface area contributed by atoms with Crippen LogP contribution >= 0.6 is 0 Å². The topological polar surface area (TPSA) is 17.1 Å². The van der Waals surface area contributed by atoms with Crippen molar-refractivity contribution in [3.05, 3.63) is 34.9 Å². The van der Waals surface area contributed by atoms with Gasteiger partial charge >= 0.3 is 0 Å². The van der Waals surface area contributed by atoms with Crippen molar-refractivity contribution in [2.45, 2.75) is 45.5 Å². The van der Waals surface area contributed by atoms with Crippen molar-refractivity contribution >= 4 is 5.78 Å². The van der Waals surface area contributed by atoms with Crippen LogP contribution in [0.3, 0.4) is 0 Å². The molecule has 0 amide bonds. The molecule has 1 nitrogen and oxygen atoms in total. The Morgan fingerprint density at radius 2 is 1.89 bits per heavy atom. The van der Waals surface area contributed by atoms with Gasteiger partial charge in [0.15, 0.2) is 0 Å². The SMILES string of the molecule is Cc1cc(C)cc(CC(=O)C2CCC(F)(F)C2)c1. The number of hydrogen-bond donors (Lipinski definition) is 0. The molecule has 0 heterocycles. The molecule has 3 heteroatoms. The molecule has 1 aliphatic carbocycles. The molecule has 0 aromatic heterocycles. The molecule has 0 saturated heterocycles. The number of ketones is 1. The lowest BCUT2D eigenvalue weighted by Gasteiger charge is -2.10. The first-order chi connectivity index (χ1) is 8.35. The maximum atomic E-state index is 13.1. The third kappa shape index (κ3) is 3.15. The van der Waals surface area contributed by atoms with Crippen LogP contribution in [0.2, 0.25) is 0 Å². The number of Topliss-reactive ketones (excluding diaryl/α,β-unsaturated/α-hetero) is 1. The Morgan fingerprint density at radius 3 is 2.39 bits per heavy atom. The molecule has 1 atom stereocenters. The summed E-state index contributed by atoms with van der Waals surface area (Å²) in [6.07, 6.45) is 0.201. The summed E-state index contributed by atoms with van der Waals surface area (Å²) in [7, 11) is 0. The van der Waals surface area contributed by atoms with Crippen LogP contribution < -0.4 is 0 Å². The molecule has 98 valence electrons. The quantitative estimate of drug-likeness (QED) is 0.798. The molecule has 18 heavy (non-hydrogen) atoms. The Balaban J connectivity index is 2.03. The van der Waals surface area contributed by atoms with Gasteiger partial charge in [-0.05, 0) is 25.8 Å². The molecule has 1 aromatic carbocycles. The van der Waals surface area contributed by atoms with E-state index in [9.17, 15) is 13.6 Å². The first-order valence-electron chi connectivity index (χ1n) is 6.33. The average Bonchev–Trinajstić information content (AvgIpc) is 2.57. The summed E-state index contributed by atoms with van der Waals surface area (Å²) in [6, 6.07) is 5.95. The molecule has 1 saturated carbocycles. The van der Waals surface area contributed by atoms with Crippen molar-refractivity contribution in [1.29, 1.82) is 0 Å². The van der Waals surface area contributed by atoms with Gasteiger partial charge in [-0.15, -0.1) is 0 Å². The van der Waals surface area contributed by atoms with Crippen molar-refractivity contribution in [1.82, 2.24) is 0 Å². The van der Waals surface area contributed by atoms with Gasteiger partial charge in [0.05, 0.1) is 0 Å². The van der Waals surface area contributed by atoms with Crippen LogP contribution in [0.25, 0.3) is 0 Å². The van der Waals surface area contributed by atoms with Crippen LogP contribution in [-0.2, 0) is 11.2 Å². The normalized spacial score (nSPS) is 22.1. The summed E-state index contributed by atoms with van der Waals surface area (Å²) < 4.78 is 26.1. The van der Waals surface area contributed by atoms with Gasteiger partial charge in [-0.25, -0.2) is 8.78 Å². The van der Waals surface area contributed by atoms with Crippen LogP contribution in [0.1, 0.15) is 36.0 Å². The summed E-state index contributed by atoms with van der Waals surface area (Å²) in [4.78, 5) is 12.0. The van der Waals surface area contributed by atoms with E-state index in [1.165, 1.54) is 0 Å². The van der Waals surface area contributed by atoms with E-state index in [1.807, 2.05) is 32.0 Å². The van der Waals surface area contributed by atoms with Gasteiger partial charge in [0.1, 0.15) is 5.78 Å². The minimum absolute atomic E-state index is 0.0443. The molecule has 1 unspecified atom stereocenters. The van der Waals surface area contributed by atoms with E-state index >= 15 is 0 Å². The van der Waals surface area contributed by atoms with Gasteiger partial charge in [-0.2, -0.15) is 0 Å². The second-order valence-corrected chi connectivity index (χ2v) is 5.43. The molecule has 0 aliphatic heterocycles. The Labute approximate surface area is 106 Å². The molecule has 0 spiro atoms. The van der Waals surface area contributed by atoms with Crippen LogP contribution in [0, 0.1) is 19.8 Å². The highest BCUT2D eigenvalue weighted by Gasteiger charge is 2.42. The number of aryl methyl sites for hydroxylation is 2. The number of hydrogen-bond acceptors (Lipinski definition) is 1. The summed E-state index contributed by atoms with van der Waals surface area (Å²) in [6.45, 7) is 3.95. The van der Waals surface area contributed by atoms with Gasteiger partial charge in [0.2, 0.25) is 5.92 Å². The molecule has 1 aliphatic rings. The number of carbonyl (C=O) groups is 1. The highest BCUT2D eigenvalue weighted by Crippen LogP contribution is 2.39. The molecule has 0 bridgehead atoms. The second kappa shape index (κ2) is 4.79. The Morgan fingerprint density at radius 1 is 1.28 bits per heavy atom. The fourth-order valence-electron chi connectivity index (χ4n) is 2.74. The van der Waals surface area contributed by atoms with E-state index in [1.54, 1.807) is 0 Å². The highest BCUT2D eigenvalue weighted by atomic mass is 19.3. The molecule has 0 N–H and O–H groups in total. The zero-order chi connectivity index (χ0) is 13.3. The Kier molecular flexibility index (Phi) is 3.51. The summed E-state index contributed by atoms with van der Waals surface area (Å²) >= 11 is 0. The third-order valence-corrected chi connectivity index (χ3v) is 3.52. The van der Waals surface area contributed by atoms with Crippen molar-refractivity contribution in [3.8, 4) is 0 Å². The predicted molar refractivity (Wildman–Crippen MR) is 66.9 cm³/mol. The number of rotatable bonds is 3. The van der Waals surface area contributed by atoms with E-state index in [0.29, 0.717) is 6.42 Å². The van der Waals surface area contributed by atoms with Gasteiger partial charge in [-0.3, -0.25) is 4.79 Å². The van der Waals surface area contributed by atoms with E-state index in [2.05, 4.69) is 0 Å². The molecular weight excluding hydrogens is 234 g/mol. The maximum Gasteiger partial charge on any atom is 0.248 e. The van der Waals surface area contributed by atoms with Crippen molar-refractivity contribution in [3.63, 3.8) is 0 Å². The number of halogens is 2. The van der Waals surface area contributed by atoms with Crippen LogP contribution in [0.5, 0.6) is 0 Å². The average molecular weight is 252 g/mol. The number of carbonyl (C=O) groups excluding carboxylic acids is 1. The van der Waals surface area contributed by atoms with Gasteiger partial charge < -0.3 is 0 Å². The highest BCUT2D eigenvalue weighted by molar-refractivity contribution is 5.83. The van der Waals surface area contributed by atoms with Crippen molar-refractivity contribution < 1.29 is 13.6 Å². The monoisotopic (exact) mass is 252 g/mol. The van der Waals surface area contributed by atoms with Gasteiger partial charge in [0, 0.05) is 25.2 Å². The zero-order valence-electron chi connectivity index (χ0n) is 10.8. The standard InChI is InChI=1S/C15H18F2O/c1-10-5-11(2)7-12(6-10)8-14(18)13-3-4-15(16,17)9-13/h5-7,13H,3-4,8-9H2,1-2H3. The summed E-state index contributed by atoms with van der Waals surface area (Å²) in [5.41, 5.74) is 3.15. The molecule has 2 rings (SSSR count). The maximum absolute atomic E-state index is 13.1. The van der Waals surface area contributed by atoms with Gasteiger partial charge in [0.25, 0.3) is 0 Å². The van der Waals surface area contributed by atoms with E-state index < -0.39 is 11.8 Å². The first-order valence-corrected chi connectivity index (χ1v) is 6.33. The lowest BCUT2D eigenvalue weighted by atomic mass is 9.95. The lowest BCUT2D eigenvalue weighted by Crippen LogP contribution is -2.17. The Bertz CT molecular complexity index is 445. The van der Waals surface area contributed by atoms with Crippen LogP contribution in [-0.4, -0.2) is 11.7 Å². The van der Waals surface area contributed by atoms with E-state index in [0.717, 1.165) is 16.7 Å². The largest absolute Gasteiger partial charge is 0.299 e. The number of benzene rings is 1. The summed E-state index contributed by atoms with van der Waals surface area (Å²) in [5, 5.41) is 0. The minimum atomic E-state index is -2.64. The molecule has 1 fully saturated rings. The molecule has 0 radical (unpaired) electrons. The molecular formula is C15H18F2O. The van der Waals surface area contributed by atoms with E-state index in [-0.39, 0.29) is 25.0 Å². The minimum Gasteiger partial charge on any atom is -0.299 e. The second-order valence-electron chi connectivity index (χ2n) is 5.43. The molecule has 1 aromatic rings. The smallest absolute Gasteiger partial charge is 0.248 e. The first kappa shape index (κ1) is 13.2. The van der Waals surface area contributed by atoms with Crippen molar-refractivity contribution in [2.75, 3.05) is 0 Å². The fraction of sp³-hybridized carbons (Fsp3) is 0.533. The zero-order valence-corrected chi connectivity index (χ0v) is 10.8.